The molecule has 0 fully saturated rings. The first kappa shape index (κ1) is 19.8. The van der Waals surface area contributed by atoms with Crippen molar-refractivity contribution in [1.82, 2.24) is 9.66 Å². The van der Waals surface area contributed by atoms with Crippen LogP contribution in [0.1, 0.15) is 11.4 Å². The zero-order valence-corrected chi connectivity index (χ0v) is 18.8. The van der Waals surface area contributed by atoms with Gasteiger partial charge in [0, 0.05) is 4.47 Å². The number of fused-ring (bicyclic) bond motifs is 1. The molecular formula is C19H12Br3N3O2. The van der Waals surface area contributed by atoms with Gasteiger partial charge in [-0.1, -0.05) is 21.9 Å². The fourth-order valence-electron chi connectivity index (χ4n) is 2.43. The molecule has 27 heavy (non-hydrogen) atoms. The first-order valence-electron chi connectivity index (χ1n) is 7.69. The summed E-state index contributed by atoms with van der Waals surface area (Å²) in [7, 11) is 0. The monoisotopic (exact) mass is 551 g/mol. The molecule has 0 aliphatic rings. The van der Waals surface area contributed by atoms with E-state index in [1.807, 2.05) is 18.2 Å². The van der Waals surface area contributed by atoms with Crippen molar-refractivity contribution in [2.45, 2.75) is 6.92 Å². The Morgan fingerprint density at radius 3 is 2.63 bits per heavy atom. The molecule has 1 aromatic heterocycles. The number of hydrogen-bond donors (Lipinski definition) is 0. The number of halogens is 3. The van der Waals surface area contributed by atoms with Crippen LogP contribution in [0.15, 0.2) is 53.6 Å². The van der Waals surface area contributed by atoms with Crippen LogP contribution >= 0.6 is 47.8 Å². The van der Waals surface area contributed by atoms with Gasteiger partial charge in [0.2, 0.25) is 0 Å². The zero-order chi connectivity index (χ0) is 19.6. The van der Waals surface area contributed by atoms with Crippen LogP contribution in [-0.4, -0.2) is 22.5 Å². The summed E-state index contributed by atoms with van der Waals surface area (Å²) in [5.74, 6) is 3.53. The van der Waals surface area contributed by atoms with Crippen LogP contribution < -0.4 is 10.3 Å². The molecule has 0 amide bonds. The van der Waals surface area contributed by atoms with Crippen molar-refractivity contribution in [3.63, 3.8) is 0 Å². The van der Waals surface area contributed by atoms with Crippen LogP contribution in [0.4, 0.5) is 0 Å². The molecule has 0 radical (unpaired) electrons. The van der Waals surface area contributed by atoms with Crippen LogP contribution in [0.3, 0.4) is 0 Å². The molecule has 1 heterocycles. The highest BCUT2D eigenvalue weighted by molar-refractivity contribution is 9.11. The molecule has 5 nitrogen and oxygen atoms in total. The summed E-state index contributed by atoms with van der Waals surface area (Å²) in [6.07, 6.45) is 6.81. The van der Waals surface area contributed by atoms with E-state index in [1.165, 1.54) is 4.68 Å². The van der Waals surface area contributed by atoms with Gasteiger partial charge in [-0.2, -0.15) is 9.78 Å². The van der Waals surface area contributed by atoms with Crippen molar-refractivity contribution in [2.24, 2.45) is 5.10 Å². The van der Waals surface area contributed by atoms with E-state index in [-0.39, 0.29) is 12.2 Å². The molecule has 0 saturated heterocycles. The van der Waals surface area contributed by atoms with E-state index < -0.39 is 0 Å². The van der Waals surface area contributed by atoms with Gasteiger partial charge in [0.05, 0.1) is 26.1 Å². The van der Waals surface area contributed by atoms with Crippen molar-refractivity contribution in [3.05, 3.63) is 65.5 Å². The lowest BCUT2D eigenvalue weighted by Crippen LogP contribution is -2.20. The Bertz CT molecular complexity index is 1140. The molecule has 3 aromatic rings. The third-order valence-corrected chi connectivity index (χ3v) is 5.28. The Morgan fingerprint density at radius 1 is 1.26 bits per heavy atom. The molecule has 0 aliphatic carbocycles. The van der Waals surface area contributed by atoms with Gasteiger partial charge >= 0.3 is 0 Å². The highest BCUT2D eigenvalue weighted by atomic mass is 79.9. The number of terminal acetylenes is 1. The third-order valence-electron chi connectivity index (χ3n) is 3.61. The number of aryl methyl sites for hydroxylation is 1. The maximum absolute atomic E-state index is 12.8. The van der Waals surface area contributed by atoms with Crippen molar-refractivity contribution in [2.75, 3.05) is 6.61 Å². The number of ether oxygens (including phenoxy) is 1. The molecule has 0 saturated carbocycles. The molecule has 2 aromatic carbocycles. The van der Waals surface area contributed by atoms with E-state index in [0.717, 1.165) is 19.0 Å². The Hall–Kier alpha value is -1.95. The average Bonchev–Trinajstić information content (AvgIpc) is 2.62. The maximum Gasteiger partial charge on any atom is 0.282 e. The minimum absolute atomic E-state index is 0.164. The van der Waals surface area contributed by atoms with Crippen LogP contribution in [0, 0.1) is 19.3 Å². The van der Waals surface area contributed by atoms with Gasteiger partial charge in [-0.3, -0.25) is 4.79 Å². The molecule has 136 valence electrons. The van der Waals surface area contributed by atoms with Crippen molar-refractivity contribution >= 4 is 64.9 Å². The van der Waals surface area contributed by atoms with Crippen molar-refractivity contribution in [3.8, 4) is 18.1 Å². The van der Waals surface area contributed by atoms with Crippen molar-refractivity contribution in [1.29, 1.82) is 0 Å². The first-order valence-corrected chi connectivity index (χ1v) is 10.1. The van der Waals surface area contributed by atoms with Crippen LogP contribution in [0.5, 0.6) is 5.75 Å². The smallest absolute Gasteiger partial charge is 0.282 e. The number of nitrogens with zero attached hydrogens (tertiary/aromatic N) is 3. The summed E-state index contributed by atoms with van der Waals surface area (Å²) in [5.41, 5.74) is 1.16. The highest BCUT2D eigenvalue weighted by Crippen LogP contribution is 2.34. The highest BCUT2D eigenvalue weighted by Gasteiger charge is 2.10. The quantitative estimate of drug-likeness (QED) is 0.342. The third kappa shape index (κ3) is 4.32. The lowest BCUT2D eigenvalue weighted by atomic mass is 10.2. The molecule has 8 heteroatoms. The van der Waals surface area contributed by atoms with Gasteiger partial charge in [-0.05, 0) is 74.7 Å². The number of rotatable bonds is 4. The molecule has 0 aliphatic heterocycles. The summed E-state index contributed by atoms with van der Waals surface area (Å²) < 4.78 is 9.02. The molecule has 0 bridgehead atoms. The first-order chi connectivity index (χ1) is 12.9. The zero-order valence-electron chi connectivity index (χ0n) is 14.0. The Morgan fingerprint density at radius 2 is 1.96 bits per heavy atom. The van der Waals surface area contributed by atoms with E-state index in [0.29, 0.717) is 22.5 Å². The molecular weight excluding hydrogens is 542 g/mol. The predicted octanol–water partition coefficient (Wildman–Crippen LogP) is 4.89. The van der Waals surface area contributed by atoms with Gasteiger partial charge in [-0.15, -0.1) is 6.42 Å². The van der Waals surface area contributed by atoms with E-state index in [2.05, 4.69) is 63.8 Å². The average molecular weight is 554 g/mol. The minimum atomic E-state index is -0.234. The molecule has 0 N–H and O–H groups in total. The summed E-state index contributed by atoms with van der Waals surface area (Å²) in [6.45, 7) is 1.90. The summed E-state index contributed by atoms with van der Waals surface area (Å²) in [4.78, 5) is 17.2. The van der Waals surface area contributed by atoms with E-state index in [9.17, 15) is 4.79 Å². The van der Waals surface area contributed by atoms with E-state index >= 15 is 0 Å². The Kier molecular flexibility index (Phi) is 6.15. The largest absolute Gasteiger partial charge is 0.479 e. The number of benzene rings is 2. The van der Waals surface area contributed by atoms with Gasteiger partial charge in [0.1, 0.15) is 18.2 Å². The number of hydrogen-bond acceptors (Lipinski definition) is 4. The lowest BCUT2D eigenvalue weighted by molar-refractivity contribution is 0.365. The summed E-state index contributed by atoms with van der Waals surface area (Å²) >= 11 is 10.3. The fourth-order valence-corrected chi connectivity index (χ4v) is 4.24. The lowest BCUT2D eigenvalue weighted by Gasteiger charge is -2.09. The summed E-state index contributed by atoms with van der Waals surface area (Å²) in [6, 6.07) is 9.03. The second kappa shape index (κ2) is 8.38. The fraction of sp³-hybridized carbons (Fsp3) is 0.105. The summed E-state index contributed by atoms with van der Waals surface area (Å²) in [5, 5.41) is 4.81. The van der Waals surface area contributed by atoms with Crippen molar-refractivity contribution < 1.29 is 4.74 Å². The van der Waals surface area contributed by atoms with E-state index in [1.54, 1.807) is 25.3 Å². The number of aromatic nitrogens is 2. The Balaban J connectivity index is 2.02. The standard InChI is InChI=1S/C19H12Br3N3O2/c1-3-6-27-18-15(21)7-12(8-16(18)22)10-23-25-11(2)24-17-5-4-13(20)9-14(17)19(25)26/h1,4-5,7-10H,6H2,2H3. The predicted molar refractivity (Wildman–Crippen MR) is 118 cm³/mol. The maximum atomic E-state index is 12.8. The Labute approximate surface area is 180 Å². The van der Waals surface area contributed by atoms with Crippen LogP contribution in [0.2, 0.25) is 0 Å². The second-order valence-electron chi connectivity index (χ2n) is 5.49. The van der Waals surface area contributed by atoms with Gasteiger partial charge in [0.25, 0.3) is 5.56 Å². The SMILES string of the molecule is C#CCOc1c(Br)cc(C=Nn2c(C)nc3ccc(Br)cc3c2=O)cc1Br. The molecule has 3 rings (SSSR count). The topological polar surface area (TPSA) is 56.5 Å². The molecule has 0 spiro atoms. The van der Waals surface area contributed by atoms with Gasteiger partial charge in [0.15, 0.2) is 0 Å². The molecule has 0 unspecified atom stereocenters. The normalized spacial score (nSPS) is 11.1. The van der Waals surface area contributed by atoms with Crippen LogP contribution in [0.25, 0.3) is 10.9 Å². The van der Waals surface area contributed by atoms with Crippen LogP contribution in [-0.2, 0) is 0 Å². The van der Waals surface area contributed by atoms with E-state index in [4.69, 9.17) is 11.2 Å². The molecule has 0 atom stereocenters. The second-order valence-corrected chi connectivity index (χ2v) is 8.11. The van der Waals surface area contributed by atoms with Gasteiger partial charge in [-0.25, -0.2) is 4.98 Å². The minimum Gasteiger partial charge on any atom is -0.479 e. The van der Waals surface area contributed by atoms with Gasteiger partial charge < -0.3 is 4.74 Å².